The molecule has 0 spiro atoms. The highest BCUT2D eigenvalue weighted by molar-refractivity contribution is 7.89. The van der Waals surface area contributed by atoms with Crippen LogP contribution in [-0.2, 0) is 19.6 Å². The maximum atomic E-state index is 13.2. The van der Waals surface area contributed by atoms with Crippen LogP contribution in [-0.4, -0.2) is 61.2 Å². The van der Waals surface area contributed by atoms with E-state index >= 15 is 0 Å². The van der Waals surface area contributed by atoms with Crippen molar-refractivity contribution in [2.75, 3.05) is 19.6 Å². The Balaban J connectivity index is 1.34. The van der Waals surface area contributed by atoms with Crippen LogP contribution in [0.2, 0.25) is 0 Å². The summed E-state index contributed by atoms with van der Waals surface area (Å²) in [5.74, 6) is -0.219. The van der Waals surface area contributed by atoms with Crippen molar-refractivity contribution in [3.63, 3.8) is 0 Å². The zero-order valence-corrected chi connectivity index (χ0v) is 19.8. The third-order valence-corrected chi connectivity index (χ3v) is 9.16. The van der Waals surface area contributed by atoms with E-state index in [0.717, 1.165) is 37.7 Å². The molecule has 1 aromatic rings. The second kappa shape index (κ2) is 9.91. The Morgan fingerprint density at radius 1 is 0.875 bits per heavy atom. The van der Waals surface area contributed by atoms with Crippen LogP contribution in [0, 0.1) is 12.8 Å². The summed E-state index contributed by atoms with van der Waals surface area (Å²) >= 11 is 0. The lowest BCUT2D eigenvalue weighted by Gasteiger charge is -2.34. The second-order valence-electron chi connectivity index (χ2n) is 9.52. The maximum absolute atomic E-state index is 13.2. The molecule has 176 valence electrons. The monoisotopic (exact) mass is 461 g/mol. The third kappa shape index (κ3) is 5.01. The van der Waals surface area contributed by atoms with Crippen molar-refractivity contribution in [2.24, 2.45) is 5.92 Å². The van der Waals surface area contributed by atoms with E-state index in [2.05, 4.69) is 5.32 Å². The molecule has 1 N–H and O–H groups in total. The minimum absolute atomic E-state index is 0.0119. The Hall–Kier alpha value is -1.93. The predicted octanol–water partition coefficient (Wildman–Crippen LogP) is 2.84. The lowest BCUT2D eigenvalue weighted by molar-refractivity contribution is -0.142. The molecule has 1 saturated carbocycles. The van der Waals surface area contributed by atoms with Crippen LogP contribution >= 0.6 is 0 Å². The summed E-state index contributed by atoms with van der Waals surface area (Å²) in [6, 6.07) is 6.75. The molecule has 4 rings (SSSR count). The molecule has 2 saturated heterocycles. The number of carbonyl (C=O) groups is 2. The van der Waals surface area contributed by atoms with E-state index < -0.39 is 10.0 Å². The minimum atomic E-state index is -3.54. The number of aryl methyl sites for hydroxylation is 1. The van der Waals surface area contributed by atoms with Crippen molar-refractivity contribution in [3.05, 3.63) is 29.8 Å². The van der Waals surface area contributed by atoms with Gasteiger partial charge in [0.05, 0.1) is 4.90 Å². The summed E-state index contributed by atoms with van der Waals surface area (Å²) in [4.78, 5) is 28.2. The average Bonchev–Trinajstić information content (AvgIpc) is 3.30. The van der Waals surface area contributed by atoms with Crippen molar-refractivity contribution in [2.45, 2.75) is 81.7 Å². The molecular formula is C24H35N3O4S. The van der Waals surface area contributed by atoms with Gasteiger partial charge in [-0.05, 0) is 57.6 Å². The number of nitrogens with zero attached hydrogens (tertiary/aromatic N) is 2. The first-order chi connectivity index (χ1) is 15.4. The molecule has 32 heavy (non-hydrogen) atoms. The molecule has 2 amide bonds. The summed E-state index contributed by atoms with van der Waals surface area (Å²) in [7, 11) is -3.54. The fourth-order valence-corrected chi connectivity index (χ4v) is 6.75. The summed E-state index contributed by atoms with van der Waals surface area (Å²) in [5.41, 5.74) is 1.01. The van der Waals surface area contributed by atoms with E-state index in [1.165, 1.54) is 10.7 Å². The second-order valence-corrected chi connectivity index (χ2v) is 11.5. The third-order valence-electron chi connectivity index (χ3n) is 7.25. The predicted molar refractivity (Wildman–Crippen MR) is 122 cm³/mol. The molecular weight excluding hydrogens is 426 g/mol. The lowest BCUT2D eigenvalue weighted by Crippen LogP contribution is -2.51. The normalized spacial score (nSPS) is 23.9. The molecule has 3 aliphatic rings. The fourth-order valence-electron chi connectivity index (χ4n) is 5.28. The van der Waals surface area contributed by atoms with Crippen LogP contribution in [0.3, 0.4) is 0 Å². The number of likely N-dealkylation sites (tertiary alicyclic amines) is 1. The molecule has 8 heteroatoms. The molecule has 1 atom stereocenters. The number of amides is 2. The molecule has 2 aliphatic heterocycles. The molecule has 7 nitrogen and oxygen atoms in total. The standard InChI is InChI=1S/C24H35N3O4S/c1-18-9-11-21(12-10-18)32(30,31)26-16-13-19(14-17-26)24(29)27-15-5-8-22(27)23(28)25-20-6-3-2-4-7-20/h9-12,19-20,22H,2-8,13-17H2,1H3,(H,25,28). The summed E-state index contributed by atoms with van der Waals surface area (Å²) in [6.45, 7) is 3.21. The highest BCUT2D eigenvalue weighted by Gasteiger charge is 2.40. The molecule has 2 heterocycles. The van der Waals surface area contributed by atoms with E-state index in [4.69, 9.17) is 0 Å². The highest BCUT2D eigenvalue weighted by atomic mass is 32.2. The van der Waals surface area contributed by atoms with Gasteiger partial charge in [-0.2, -0.15) is 4.31 Å². The van der Waals surface area contributed by atoms with Crippen LogP contribution in [0.15, 0.2) is 29.2 Å². The Morgan fingerprint density at radius 2 is 1.53 bits per heavy atom. The molecule has 1 aliphatic carbocycles. The Kier molecular flexibility index (Phi) is 7.20. The van der Waals surface area contributed by atoms with Gasteiger partial charge in [0.25, 0.3) is 0 Å². The van der Waals surface area contributed by atoms with Gasteiger partial charge < -0.3 is 10.2 Å². The number of hydrogen-bond donors (Lipinski definition) is 1. The van der Waals surface area contributed by atoms with Gasteiger partial charge in [0.15, 0.2) is 0 Å². The van der Waals surface area contributed by atoms with Gasteiger partial charge in [-0.3, -0.25) is 9.59 Å². The number of hydrogen-bond acceptors (Lipinski definition) is 4. The van der Waals surface area contributed by atoms with Gasteiger partial charge in [-0.1, -0.05) is 37.0 Å². The smallest absolute Gasteiger partial charge is 0.243 e. The van der Waals surface area contributed by atoms with Crippen LogP contribution in [0.25, 0.3) is 0 Å². The highest BCUT2D eigenvalue weighted by Crippen LogP contribution is 2.28. The number of rotatable bonds is 5. The molecule has 1 aromatic carbocycles. The maximum Gasteiger partial charge on any atom is 0.243 e. The molecule has 0 radical (unpaired) electrons. The van der Waals surface area contributed by atoms with Crippen molar-refractivity contribution in [1.82, 2.24) is 14.5 Å². The Morgan fingerprint density at radius 3 is 2.19 bits per heavy atom. The minimum Gasteiger partial charge on any atom is -0.352 e. The largest absolute Gasteiger partial charge is 0.352 e. The topological polar surface area (TPSA) is 86.8 Å². The van der Waals surface area contributed by atoms with Crippen molar-refractivity contribution in [3.8, 4) is 0 Å². The molecule has 0 aromatic heterocycles. The van der Waals surface area contributed by atoms with E-state index in [-0.39, 0.29) is 29.8 Å². The average molecular weight is 462 g/mol. The van der Waals surface area contributed by atoms with Crippen LogP contribution < -0.4 is 5.32 Å². The van der Waals surface area contributed by atoms with Gasteiger partial charge in [0.1, 0.15) is 6.04 Å². The van der Waals surface area contributed by atoms with E-state index in [9.17, 15) is 18.0 Å². The van der Waals surface area contributed by atoms with Crippen molar-refractivity contribution in [1.29, 1.82) is 0 Å². The zero-order chi connectivity index (χ0) is 22.7. The van der Waals surface area contributed by atoms with Gasteiger partial charge in [-0.25, -0.2) is 8.42 Å². The quantitative estimate of drug-likeness (QED) is 0.731. The molecule has 1 unspecified atom stereocenters. The molecule has 3 fully saturated rings. The van der Waals surface area contributed by atoms with E-state index in [1.54, 1.807) is 29.2 Å². The SMILES string of the molecule is Cc1ccc(S(=O)(=O)N2CCC(C(=O)N3CCCC3C(=O)NC3CCCCC3)CC2)cc1. The van der Waals surface area contributed by atoms with Crippen molar-refractivity contribution < 1.29 is 18.0 Å². The number of benzene rings is 1. The van der Waals surface area contributed by atoms with Crippen LogP contribution in [0.5, 0.6) is 0 Å². The van der Waals surface area contributed by atoms with Crippen LogP contribution in [0.1, 0.15) is 63.4 Å². The van der Waals surface area contributed by atoms with E-state index in [1.807, 2.05) is 6.92 Å². The zero-order valence-electron chi connectivity index (χ0n) is 19.0. The number of carbonyl (C=O) groups excluding carboxylic acids is 2. The summed E-state index contributed by atoms with van der Waals surface area (Å²) in [5, 5.41) is 3.18. The van der Waals surface area contributed by atoms with Gasteiger partial charge in [0.2, 0.25) is 21.8 Å². The summed E-state index contributed by atoms with van der Waals surface area (Å²) < 4.78 is 27.4. The number of piperidine rings is 1. The van der Waals surface area contributed by atoms with Gasteiger partial charge >= 0.3 is 0 Å². The van der Waals surface area contributed by atoms with Gasteiger partial charge in [0, 0.05) is 31.6 Å². The van der Waals surface area contributed by atoms with Gasteiger partial charge in [-0.15, -0.1) is 0 Å². The molecule has 0 bridgehead atoms. The fraction of sp³-hybridized carbons (Fsp3) is 0.667. The first-order valence-electron chi connectivity index (χ1n) is 12.0. The first kappa shape index (κ1) is 23.2. The Labute approximate surface area is 191 Å². The number of sulfonamides is 1. The number of nitrogens with one attached hydrogen (secondary N) is 1. The first-order valence-corrected chi connectivity index (χ1v) is 13.5. The summed E-state index contributed by atoms with van der Waals surface area (Å²) in [6.07, 6.45) is 8.15. The van der Waals surface area contributed by atoms with Crippen molar-refractivity contribution >= 4 is 21.8 Å². The van der Waals surface area contributed by atoms with E-state index in [0.29, 0.717) is 43.8 Å². The Bertz CT molecular complexity index is 917. The van der Waals surface area contributed by atoms with Crippen LogP contribution in [0.4, 0.5) is 0 Å². The lowest BCUT2D eigenvalue weighted by atomic mass is 9.94.